The second-order valence-corrected chi connectivity index (χ2v) is 8.20. The minimum Gasteiger partial charge on any atom is -0.374 e. The molecule has 0 saturated heterocycles. The molecule has 0 aliphatic rings. The van der Waals surface area contributed by atoms with Crippen LogP contribution in [-0.2, 0) is 5.75 Å². The Morgan fingerprint density at radius 2 is 1.83 bits per heavy atom. The summed E-state index contributed by atoms with van der Waals surface area (Å²) in [6, 6.07) is 15.5. The molecule has 2 heterocycles. The van der Waals surface area contributed by atoms with Crippen molar-refractivity contribution < 1.29 is 4.79 Å². The van der Waals surface area contributed by atoms with Crippen LogP contribution in [0.3, 0.4) is 0 Å². The maximum atomic E-state index is 12.7. The lowest BCUT2D eigenvalue weighted by molar-refractivity contribution is 0.102. The molecule has 1 aromatic carbocycles. The van der Waals surface area contributed by atoms with Gasteiger partial charge >= 0.3 is 0 Å². The van der Waals surface area contributed by atoms with Gasteiger partial charge in [-0.05, 0) is 41.8 Å². The number of anilines is 2. The number of nitrogens with one attached hydrogen (secondary N) is 1. The normalized spacial score (nSPS) is 10.8. The van der Waals surface area contributed by atoms with E-state index < -0.39 is 0 Å². The quantitative estimate of drug-likeness (QED) is 0.527. The molecular weight excluding hydrogens is 380 g/mol. The zero-order valence-electron chi connectivity index (χ0n) is 17.0. The minimum absolute atomic E-state index is 0.169. The first-order valence-corrected chi connectivity index (χ1v) is 10.6. The lowest BCUT2D eigenvalue weighted by Gasteiger charge is -2.24. The second kappa shape index (κ2) is 10.1. The summed E-state index contributed by atoms with van der Waals surface area (Å²) < 4.78 is 0. The molecule has 150 valence electrons. The van der Waals surface area contributed by atoms with Crippen LogP contribution in [0.2, 0.25) is 0 Å². The van der Waals surface area contributed by atoms with Gasteiger partial charge in [-0.2, -0.15) is 0 Å². The fourth-order valence-corrected chi connectivity index (χ4v) is 4.10. The highest BCUT2D eigenvalue weighted by atomic mass is 32.2. The summed E-state index contributed by atoms with van der Waals surface area (Å²) in [4.78, 5) is 23.5. The van der Waals surface area contributed by atoms with Gasteiger partial charge in [0.1, 0.15) is 5.03 Å². The van der Waals surface area contributed by atoms with Crippen LogP contribution in [0.25, 0.3) is 0 Å². The van der Waals surface area contributed by atoms with Crippen molar-refractivity contribution in [1.82, 2.24) is 9.97 Å². The molecule has 0 unspecified atom stereocenters. The van der Waals surface area contributed by atoms with E-state index in [0.717, 1.165) is 17.3 Å². The zero-order valence-corrected chi connectivity index (χ0v) is 17.8. The number of aromatic nitrogens is 2. The lowest BCUT2D eigenvalue weighted by Crippen LogP contribution is -2.23. The average Bonchev–Trinajstić information content (AvgIpc) is 2.73. The van der Waals surface area contributed by atoms with Crippen molar-refractivity contribution in [3.05, 3.63) is 78.2 Å². The number of benzene rings is 1. The van der Waals surface area contributed by atoms with E-state index >= 15 is 0 Å². The van der Waals surface area contributed by atoms with Crippen molar-refractivity contribution in [3.63, 3.8) is 0 Å². The van der Waals surface area contributed by atoms with E-state index in [2.05, 4.69) is 65.3 Å². The highest BCUT2D eigenvalue weighted by molar-refractivity contribution is 7.98. The van der Waals surface area contributed by atoms with Crippen LogP contribution in [-0.4, -0.2) is 29.5 Å². The summed E-state index contributed by atoms with van der Waals surface area (Å²) in [7, 11) is 2.12. The lowest BCUT2D eigenvalue weighted by atomic mass is 10.1. The predicted octanol–water partition coefficient (Wildman–Crippen LogP) is 5.11. The Morgan fingerprint density at radius 1 is 1.07 bits per heavy atom. The standard InChI is InChI=1S/C23H26N4OS/c1-17(2)15-27(3)21-9-5-4-7-18(21)16-29-23-20(8-6-12-25-23)22(28)26-19-10-13-24-14-11-19/h4-14,17H,15-16H2,1-3H3,(H,24,26,28). The number of rotatable bonds is 8. The van der Waals surface area contributed by atoms with Crippen molar-refractivity contribution in [3.8, 4) is 0 Å². The third-order valence-electron chi connectivity index (χ3n) is 4.36. The van der Waals surface area contributed by atoms with Crippen molar-refractivity contribution in [1.29, 1.82) is 0 Å². The smallest absolute Gasteiger partial charge is 0.258 e. The molecular formula is C23H26N4OS. The molecule has 0 saturated carbocycles. The number of carbonyl (C=O) groups is 1. The van der Waals surface area contributed by atoms with E-state index in [1.165, 1.54) is 11.3 Å². The molecule has 29 heavy (non-hydrogen) atoms. The summed E-state index contributed by atoms with van der Waals surface area (Å²) in [5.41, 5.74) is 3.73. The summed E-state index contributed by atoms with van der Waals surface area (Å²) in [5.74, 6) is 1.16. The molecule has 6 heteroatoms. The predicted molar refractivity (Wildman–Crippen MR) is 121 cm³/mol. The first-order chi connectivity index (χ1) is 14.0. The molecule has 2 aromatic heterocycles. The Bertz CT molecular complexity index is 946. The van der Waals surface area contributed by atoms with E-state index in [0.29, 0.717) is 17.2 Å². The van der Waals surface area contributed by atoms with Gasteiger partial charge in [0.2, 0.25) is 0 Å². The Labute approximate surface area is 176 Å². The summed E-state index contributed by atoms with van der Waals surface area (Å²) in [6.07, 6.45) is 5.03. The van der Waals surface area contributed by atoms with Gasteiger partial charge in [-0.15, -0.1) is 11.8 Å². The van der Waals surface area contributed by atoms with Gasteiger partial charge in [-0.1, -0.05) is 32.0 Å². The number of para-hydroxylation sites is 1. The first kappa shape index (κ1) is 20.9. The molecule has 0 radical (unpaired) electrons. The van der Waals surface area contributed by atoms with Crippen LogP contribution in [0.15, 0.2) is 72.1 Å². The molecule has 0 aliphatic carbocycles. The molecule has 3 rings (SSSR count). The fraction of sp³-hybridized carbons (Fsp3) is 0.261. The molecule has 3 aromatic rings. The van der Waals surface area contributed by atoms with E-state index in [9.17, 15) is 4.79 Å². The Hall–Kier alpha value is -2.86. The summed E-state index contributed by atoms with van der Waals surface area (Å²) in [5, 5.41) is 3.63. The Balaban J connectivity index is 1.75. The Kier molecular flexibility index (Phi) is 7.25. The van der Waals surface area contributed by atoms with Crippen LogP contribution in [0.1, 0.15) is 29.8 Å². The van der Waals surface area contributed by atoms with Crippen LogP contribution in [0.5, 0.6) is 0 Å². The maximum Gasteiger partial charge on any atom is 0.258 e. The van der Waals surface area contributed by atoms with E-state index in [1.54, 1.807) is 48.6 Å². The molecule has 0 aliphatic heterocycles. The molecule has 0 fully saturated rings. The minimum atomic E-state index is -0.169. The largest absolute Gasteiger partial charge is 0.374 e. The van der Waals surface area contributed by atoms with Gasteiger partial charge < -0.3 is 10.2 Å². The monoisotopic (exact) mass is 406 g/mol. The topological polar surface area (TPSA) is 58.1 Å². The van der Waals surface area contributed by atoms with Crippen molar-refractivity contribution >= 4 is 29.0 Å². The number of hydrogen-bond donors (Lipinski definition) is 1. The van der Waals surface area contributed by atoms with Gasteiger partial charge in [0.15, 0.2) is 0 Å². The van der Waals surface area contributed by atoms with Crippen LogP contribution in [0, 0.1) is 5.92 Å². The van der Waals surface area contributed by atoms with Crippen molar-refractivity contribution in [2.45, 2.75) is 24.6 Å². The van der Waals surface area contributed by atoms with Crippen LogP contribution >= 0.6 is 11.8 Å². The molecule has 0 bridgehead atoms. The maximum absolute atomic E-state index is 12.7. The Morgan fingerprint density at radius 3 is 2.59 bits per heavy atom. The van der Waals surface area contributed by atoms with E-state index in [1.807, 2.05) is 6.07 Å². The van der Waals surface area contributed by atoms with Gasteiger partial charge in [0, 0.05) is 49.3 Å². The van der Waals surface area contributed by atoms with Gasteiger partial charge in [-0.25, -0.2) is 4.98 Å². The summed E-state index contributed by atoms with van der Waals surface area (Å²) in [6.45, 7) is 5.43. The first-order valence-electron chi connectivity index (χ1n) is 9.63. The van der Waals surface area contributed by atoms with Crippen molar-refractivity contribution in [2.75, 3.05) is 23.8 Å². The number of hydrogen-bond acceptors (Lipinski definition) is 5. The highest BCUT2D eigenvalue weighted by Crippen LogP contribution is 2.29. The summed E-state index contributed by atoms with van der Waals surface area (Å²) >= 11 is 1.58. The molecule has 0 atom stereocenters. The number of thioether (sulfide) groups is 1. The van der Waals surface area contributed by atoms with Crippen LogP contribution in [0.4, 0.5) is 11.4 Å². The van der Waals surface area contributed by atoms with Gasteiger partial charge in [-0.3, -0.25) is 9.78 Å². The fourth-order valence-electron chi connectivity index (χ4n) is 3.11. The molecule has 1 N–H and O–H groups in total. The SMILES string of the molecule is CC(C)CN(C)c1ccccc1CSc1ncccc1C(=O)Nc1ccncc1. The molecule has 5 nitrogen and oxygen atoms in total. The third-order valence-corrected chi connectivity index (χ3v) is 5.41. The van der Waals surface area contributed by atoms with Gasteiger partial charge in [0.05, 0.1) is 5.56 Å². The average molecular weight is 407 g/mol. The van der Waals surface area contributed by atoms with Gasteiger partial charge in [0.25, 0.3) is 5.91 Å². The zero-order chi connectivity index (χ0) is 20.6. The number of amides is 1. The number of nitrogens with zero attached hydrogens (tertiary/aromatic N) is 3. The number of pyridine rings is 2. The second-order valence-electron chi connectivity index (χ2n) is 7.24. The number of carbonyl (C=O) groups excluding carboxylic acids is 1. The molecule has 1 amide bonds. The van der Waals surface area contributed by atoms with Crippen LogP contribution < -0.4 is 10.2 Å². The van der Waals surface area contributed by atoms with E-state index in [4.69, 9.17) is 0 Å². The molecule has 0 spiro atoms. The van der Waals surface area contributed by atoms with Crippen molar-refractivity contribution in [2.24, 2.45) is 5.92 Å². The highest BCUT2D eigenvalue weighted by Gasteiger charge is 2.15. The third kappa shape index (κ3) is 5.81. The van der Waals surface area contributed by atoms with E-state index in [-0.39, 0.29) is 5.91 Å².